The molecule has 0 saturated heterocycles. The molecule has 0 fully saturated rings. The Morgan fingerprint density at radius 2 is 1.76 bits per heavy atom. The number of imide groups is 1. The van der Waals surface area contributed by atoms with Crippen molar-refractivity contribution < 1.29 is 28.7 Å². The van der Waals surface area contributed by atoms with Crippen molar-refractivity contribution in [1.82, 2.24) is 10.6 Å². The van der Waals surface area contributed by atoms with Gasteiger partial charge in [-0.25, -0.2) is 4.79 Å². The highest BCUT2D eigenvalue weighted by atomic mass is 16.5. The van der Waals surface area contributed by atoms with Crippen LogP contribution in [-0.4, -0.2) is 43.4 Å². The highest BCUT2D eigenvalue weighted by Gasteiger charge is 2.19. The molecule has 0 bridgehead atoms. The minimum absolute atomic E-state index is 0.0242. The monoisotopic (exact) mass is 350 g/mol. The summed E-state index contributed by atoms with van der Waals surface area (Å²) in [6.07, 6.45) is -0.593. The summed E-state index contributed by atoms with van der Waals surface area (Å²) in [5.41, 5.74) is 0.597. The third-order valence-electron chi connectivity index (χ3n) is 3.20. The number of esters is 1. The first-order valence-corrected chi connectivity index (χ1v) is 7.79. The number of hydrogen-bond donors (Lipinski definition) is 2. The molecule has 0 heterocycles. The molecule has 8 heteroatoms. The molecule has 2 N–H and O–H groups in total. The maximum absolute atomic E-state index is 11.6. The second-order valence-electron chi connectivity index (χ2n) is 5.23. The summed E-state index contributed by atoms with van der Waals surface area (Å²) in [5, 5.41) is 4.25. The molecule has 25 heavy (non-hydrogen) atoms. The summed E-state index contributed by atoms with van der Waals surface area (Å²) in [4.78, 5) is 45.3. The van der Waals surface area contributed by atoms with Crippen LogP contribution in [0, 0.1) is 0 Å². The molecule has 8 nitrogen and oxygen atoms in total. The summed E-state index contributed by atoms with van der Waals surface area (Å²) in [6.45, 7) is 3.15. The summed E-state index contributed by atoms with van der Waals surface area (Å²) < 4.78 is 10.4. The number of hydrogen-bond acceptors (Lipinski definition) is 6. The predicted octanol–water partition coefficient (Wildman–Crippen LogP) is 1.44. The van der Waals surface area contributed by atoms with Crippen molar-refractivity contribution in [3.63, 3.8) is 0 Å². The van der Waals surface area contributed by atoms with Gasteiger partial charge >= 0.3 is 12.0 Å². The van der Waals surface area contributed by atoms with Crippen molar-refractivity contribution in [1.29, 1.82) is 0 Å². The highest BCUT2D eigenvalue weighted by Crippen LogP contribution is 2.13. The van der Waals surface area contributed by atoms with E-state index in [4.69, 9.17) is 9.47 Å². The largest absolute Gasteiger partial charge is 0.494 e. The van der Waals surface area contributed by atoms with Gasteiger partial charge in [-0.15, -0.1) is 0 Å². The van der Waals surface area contributed by atoms with Crippen LogP contribution in [-0.2, 0) is 14.3 Å². The Balaban J connectivity index is 2.26. The smallest absolute Gasteiger partial charge is 0.321 e. The maximum atomic E-state index is 11.6. The number of nitrogens with one attached hydrogen (secondary N) is 2. The number of benzene rings is 1. The number of ketones is 1. The second-order valence-corrected chi connectivity index (χ2v) is 5.23. The number of ether oxygens (including phenoxy) is 2. The molecule has 3 amide bonds. The van der Waals surface area contributed by atoms with Crippen LogP contribution < -0.4 is 15.4 Å². The molecule has 0 radical (unpaired) electrons. The van der Waals surface area contributed by atoms with E-state index in [1.807, 2.05) is 5.32 Å². The van der Waals surface area contributed by atoms with E-state index in [0.717, 1.165) is 0 Å². The summed E-state index contributed by atoms with van der Waals surface area (Å²) >= 11 is 0. The lowest BCUT2D eigenvalue weighted by Gasteiger charge is -2.12. The Bertz CT molecular complexity index is 627. The SMILES string of the molecule is CNC(=O)NC(=O)[C@H](C)OC(=O)CCCOc1ccc(C(C)=O)cc1. The Morgan fingerprint density at radius 3 is 2.32 bits per heavy atom. The molecule has 0 spiro atoms. The Labute approximate surface area is 145 Å². The average Bonchev–Trinajstić information content (AvgIpc) is 2.58. The molecule has 0 aliphatic rings. The van der Waals surface area contributed by atoms with Gasteiger partial charge < -0.3 is 14.8 Å². The van der Waals surface area contributed by atoms with Crippen molar-refractivity contribution in [2.24, 2.45) is 0 Å². The van der Waals surface area contributed by atoms with E-state index in [-0.39, 0.29) is 18.8 Å². The summed E-state index contributed by atoms with van der Waals surface area (Å²) in [5.74, 6) is -0.690. The Hall–Kier alpha value is -2.90. The maximum Gasteiger partial charge on any atom is 0.321 e. The van der Waals surface area contributed by atoms with Gasteiger partial charge in [-0.1, -0.05) is 0 Å². The van der Waals surface area contributed by atoms with E-state index in [0.29, 0.717) is 17.7 Å². The average molecular weight is 350 g/mol. The zero-order chi connectivity index (χ0) is 18.8. The number of amides is 3. The van der Waals surface area contributed by atoms with Crippen LogP contribution in [0.2, 0.25) is 0 Å². The fourth-order valence-electron chi connectivity index (χ4n) is 1.78. The molecule has 0 aromatic heterocycles. The second kappa shape index (κ2) is 10.1. The predicted molar refractivity (Wildman–Crippen MR) is 89.3 cm³/mol. The molecular formula is C17H22N2O6. The molecule has 1 aromatic carbocycles. The molecule has 0 aliphatic heterocycles. The van der Waals surface area contributed by atoms with Crippen molar-refractivity contribution in [3.8, 4) is 5.75 Å². The van der Waals surface area contributed by atoms with Crippen molar-refractivity contribution in [2.75, 3.05) is 13.7 Å². The van der Waals surface area contributed by atoms with Crippen molar-refractivity contribution in [2.45, 2.75) is 32.8 Å². The van der Waals surface area contributed by atoms with E-state index >= 15 is 0 Å². The zero-order valence-corrected chi connectivity index (χ0v) is 14.5. The fourth-order valence-corrected chi connectivity index (χ4v) is 1.78. The van der Waals surface area contributed by atoms with Gasteiger partial charge in [0.2, 0.25) is 0 Å². The lowest BCUT2D eigenvalue weighted by atomic mass is 10.1. The zero-order valence-electron chi connectivity index (χ0n) is 14.5. The van der Waals surface area contributed by atoms with Crippen molar-refractivity contribution in [3.05, 3.63) is 29.8 Å². The van der Waals surface area contributed by atoms with E-state index in [9.17, 15) is 19.2 Å². The van der Waals surface area contributed by atoms with Crippen LogP contribution in [0.3, 0.4) is 0 Å². The minimum Gasteiger partial charge on any atom is -0.494 e. The van der Waals surface area contributed by atoms with Gasteiger partial charge in [-0.2, -0.15) is 0 Å². The first kappa shape index (κ1) is 20.1. The number of carbonyl (C=O) groups excluding carboxylic acids is 4. The normalized spacial score (nSPS) is 11.2. The number of Topliss-reactive ketones (excluding diaryl/α,β-unsaturated/α-hetero) is 1. The van der Waals surface area contributed by atoms with Crippen LogP contribution in [0.4, 0.5) is 4.79 Å². The topological polar surface area (TPSA) is 111 Å². The van der Waals surface area contributed by atoms with E-state index in [1.165, 1.54) is 20.9 Å². The summed E-state index contributed by atoms with van der Waals surface area (Å²) in [7, 11) is 1.37. The van der Waals surface area contributed by atoms with Crippen molar-refractivity contribution >= 4 is 23.7 Å². The molecule has 0 unspecified atom stereocenters. The molecule has 136 valence electrons. The van der Waals surface area contributed by atoms with Gasteiger partial charge in [0, 0.05) is 19.0 Å². The molecular weight excluding hydrogens is 328 g/mol. The van der Waals surface area contributed by atoms with Gasteiger partial charge in [0.1, 0.15) is 5.75 Å². The van der Waals surface area contributed by atoms with Crippen LogP contribution in [0.5, 0.6) is 5.75 Å². The van der Waals surface area contributed by atoms with E-state index in [1.54, 1.807) is 24.3 Å². The fraction of sp³-hybridized carbons (Fsp3) is 0.412. The van der Waals surface area contributed by atoms with Gasteiger partial charge in [0.25, 0.3) is 5.91 Å². The molecule has 0 saturated carbocycles. The molecule has 1 rings (SSSR count). The first-order valence-electron chi connectivity index (χ1n) is 7.79. The Morgan fingerprint density at radius 1 is 1.12 bits per heavy atom. The van der Waals surface area contributed by atoms with Crippen LogP contribution >= 0.6 is 0 Å². The standard InChI is InChI=1S/C17H22N2O6/c1-11(20)13-6-8-14(9-7-13)24-10-4-5-15(21)25-12(2)16(22)19-17(23)18-3/h6-9,12H,4-5,10H2,1-3H3,(H2,18,19,22,23)/t12-/m0/s1. The van der Waals surface area contributed by atoms with Gasteiger partial charge in [-0.3, -0.25) is 19.7 Å². The van der Waals surface area contributed by atoms with Gasteiger partial charge in [-0.05, 0) is 44.5 Å². The molecule has 1 atom stereocenters. The van der Waals surface area contributed by atoms with E-state index in [2.05, 4.69) is 5.32 Å². The third-order valence-corrected chi connectivity index (χ3v) is 3.20. The van der Waals surface area contributed by atoms with E-state index < -0.39 is 24.0 Å². The minimum atomic E-state index is -1.06. The first-order chi connectivity index (χ1) is 11.8. The third kappa shape index (κ3) is 7.47. The Kier molecular flexibility index (Phi) is 8.11. The molecule has 1 aromatic rings. The number of urea groups is 1. The highest BCUT2D eigenvalue weighted by molar-refractivity contribution is 5.97. The van der Waals surface area contributed by atoms with Gasteiger partial charge in [0.15, 0.2) is 11.9 Å². The quantitative estimate of drug-likeness (QED) is 0.417. The van der Waals surface area contributed by atoms with Crippen LogP contribution in [0.15, 0.2) is 24.3 Å². The summed E-state index contributed by atoms with van der Waals surface area (Å²) in [6, 6.07) is 6.02. The lowest BCUT2D eigenvalue weighted by molar-refractivity contribution is -0.154. The number of carbonyl (C=O) groups is 4. The van der Waals surface area contributed by atoms with Gasteiger partial charge in [0.05, 0.1) is 6.61 Å². The molecule has 0 aliphatic carbocycles. The lowest BCUT2D eigenvalue weighted by Crippen LogP contribution is -2.43. The number of rotatable bonds is 8. The van der Waals surface area contributed by atoms with Crippen LogP contribution in [0.25, 0.3) is 0 Å². The van der Waals surface area contributed by atoms with Crippen LogP contribution in [0.1, 0.15) is 37.0 Å².